The van der Waals surface area contributed by atoms with E-state index in [1.165, 1.54) is 0 Å². The Hall–Kier alpha value is -1.36. The Balaban J connectivity index is 2.13. The third-order valence-electron chi connectivity index (χ3n) is 4.23. The van der Waals surface area contributed by atoms with E-state index in [0.29, 0.717) is 5.56 Å². The van der Waals surface area contributed by atoms with Gasteiger partial charge < -0.3 is 10.4 Å². The second-order valence-corrected chi connectivity index (χ2v) is 5.75. The van der Waals surface area contributed by atoms with E-state index in [2.05, 4.69) is 10.4 Å². The molecule has 2 unspecified atom stereocenters. The number of nitrogens with one attached hydrogen (secondary N) is 1. The minimum atomic E-state index is -0.190. The van der Waals surface area contributed by atoms with Gasteiger partial charge in [-0.15, -0.1) is 0 Å². The Morgan fingerprint density at radius 3 is 3.05 bits per heavy atom. The van der Waals surface area contributed by atoms with Crippen LogP contribution >= 0.6 is 0 Å². The lowest BCUT2D eigenvalue weighted by Crippen LogP contribution is -2.44. The molecule has 1 amide bonds. The average Bonchev–Trinajstić information content (AvgIpc) is 2.94. The number of aliphatic hydroxyl groups excluding tert-OH is 1. The Morgan fingerprint density at radius 2 is 2.42 bits per heavy atom. The first-order valence-corrected chi connectivity index (χ1v) is 6.94. The number of amides is 1. The van der Waals surface area contributed by atoms with Gasteiger partial charge in [0, 0.05) is 24.7 Å². The third kappa shape index (κ3) is 2.66. The summed E-state index contributed by atoms with van der Waals surface area (Å²) in [6.07, 6.45) is 5.45. The summed E-state index contributed by atoms with van der Waals surface area (Å²) >= 11 is 0. The van der Waals surface area contributed by atoms with Gasteiger partial charge in [0.2, 0.25) is 0 Å². The van der Waals surface area contributed by atoms with E-state index in [1.807, 2.05) is 20.9 Å². The molecule has 1 aliphatic rings. The predicted octanol–water partition coefficient (Wildman–Crippen LogP) is 1.26. The van der Waals surface area contributed by atoms with E-state index in [4.69, 9.17) is 0 Å². The van der Waals surface area contributed by atoms with Crippen LogP contribution in [0.1, 0.15) is 49.2 Å². The predicted molar refractivity (Wildman–Crippen MR) is 72.9 cm³/mol. The summed E-state index contributed by atoms with van der Waals surface area (Å²) in [6.45, 7) is 4.15. The van der Waals surface area contributed by atoms with E-state index in [9.17, 15) is 9.90 Å². The molecule has 1 aromatic rings. The van der Waals surface area contributed by atoms with Crippen molar-refractivity contribution in [1.29, 1.82) is 0 Å². The van der Waals surface area contributed by atoms with E-state index >= 15 is 0 Å². The lowest BCUT2D eigenvalue weighted by atomic mass is 9.85. The molecule has 0 radical (unpaired) electrons. The van der Waals surface area contributed by atoms with Crippen molar-refractivity contribution >= 4 is 5.91 Å². The highest BCUT2D eigenvalue weighted by molar-refractivity contribution is 5.95. The molecule has 0 spiro atoms. The number of rotatable bonds is 4. The van der Waals surface area contributed by atoms with Crippen LogP contribution in [0.15, 0.2) is 6.20 Å². The fourth-order valence-corrected chi connectivity index (χ4v) is 2.89. The first kappa shape index (κ1) is 14.1. The van der Waals surface area contributed by atoms with Crippen molar-refractivity contribution in [2.24, 2.45) is 12.5 Å². The summed E-state index contributed by atoms with van der Waals surface area (Å²) in [6, 6.07) is 0.0508. The van der Waals surface area contributed by atoms with Crippen LogP contribution in [0.2, 0.25) is 0 Å². The van der Waals surface area contributed by atoms with Gasteiger partial charge in [-0.25, -0.2) is 0 Å². The number of aliphatic hydroxyl groups is 1. The van der Waals surface area contributed by atoms with E-state index in [-0.39, 0.29) is 24.0 Å². The van der Waals surface area contributed by atoms with Crippen LogP contribution in [-0.2, 0) is 13.5 Å². The molecule has 1 heterocycles. The van der Waals surface area contributed by atoms with Gasteiger partial charge in [0.25, 0.3) is 5.91 Å². The molecule has 1 saturated carbocycles. The molecule has 19 heavy (non-hydrogen) atoms. The quantitative estimate of drug-likeness (QED) is 0.861. The molecule has 1 fully saturated rings. The summed E-state index contributed by atoms with van der Waals surface area (Å²) in [7, 11) is 1.82. The lowest BCUT2D eigenvalue weighted by molar-refractivity contribution is 0.0829. The highest BCUT2D eigenvalue weighted by atomic mass is 16.3. The van der Waals surface area contributed by atoms with Crippen molar-refractivity contribution < 1.29 is 9.90 Å². The molecule has 5 heteroatoms. The second-order valence-electron chi connectivity index (χ2n) is 5.75. The number of carbonyl (C=O) groups is 1. The van der Waals surface area contributed by atoms with Crippen LogP contribution < -0.4 is 5.32 Å². The fourth-order valence-electron chi connectivity index (χ4n) is 2.89. The molecule has 106 valence electrons. The Kier molecular flexibility index (Phi) is 3.94. The highest BCUT2D eigenvalue weighted by Gasteiger charge is 2.39. The van der Waals surface area contributed by atoms with Crippen LogP contribution in [0.3, 0.4) is 0 Å². The summed E-state index contributed by atoms with van der Waals surface area (Å²) in [5.41, 5.74) is 1.28. The summed E-state index contributed by atoms with van der Waals surface area (Å²) < 4.78 is 1.67. The third-order valence-corrected chi connectivity index (χ3v) is 4.23. The minimum Gasteiger partial charge on any atom is -0.396 e. The molecule has 2 atom stereocenters. The SMILES string of the molecule is CCc1nn(C)cc1C(=O)NC1CCCC1(C)CO. The largest absolute Gasteiger partial charge is 0.396 e. The van der Waals surface area contributed by atoms with Crippen LogP contribution in [0.5, 0.6) is 0 Å². The Bertz CT molecular complexity index is 469. The highest BCUT2D eigenvalue weighted by Crippen LogP contribution is 2.37. The number of hydrogen-bond donors (Lipinski definition) is 2. The van der Waals surface area contributed by atoms with Crippen LogP contribution in [0.4, 0.5) is 0 Å². The molecule has 1 aromatic heterocycles. The maximum Gasteiger partial charge on any atom is 0.254 e. The van der Waals surface area contributed by atoms with Gasteiger partial charge in [0.1, 0.15) is 0 Å². The minimum absolute atomic E-state index is 0.0508. The van der Waals surface area contributed by atoms with Crippen molar-refractivity contribution in [3.05, 3.63) is 17.5 Å². The molecular weight excluding hydrogens is 242 g/mol. The van der Waals surface area contributed by atoms with Gasteiger partial charge in [0.05, 0.1) is 17.9 Å². The molecule has 2 N–H and O–H groups in total. The van der Waals surface area contributed by atoms with Crippen molar-refractivity contribution in [2.75, 3.05) is 6.61 Å². The Morgan fingerprint density at radius 1 is 1.68 bits per heavy atom. The molecular formula is C14H23N3O2. The van der Waals surface area contributed by atoms with Crippen LogP contribution in [0, 0.1) is 5.41 Å². The van der Waals surface area contributed by atoms with Gasteiger partial charge in [-0.2, -0.15) is 5.10 Å². The number of aromatic nitrogens is 2. The van der Waals surface area contributed by atoms with E-state index in [1.54, 1.807) is 10.9 Å². The standard InChI is InChI=1S/C14H23N3O2/c1-4-11-10(8-17(3)16-11)13(19)15-12-6-5-7-14(12,2)9-18/h8,12,18H,4-7,9H2,1-3H3,(H,15,19). The molecule has 0 bridgehead atoms. The van der Waals surface area contributed by atoms with Gasteiger partial charge in [-0.3, -0.25) is 9.48 Å². The van der Waals surface area contributed by atoms with Gasteiger partial charge in [-0.05, 0) is 19.3 Å². The topological polar surface area (TPSA) is 67.2 Å². The summed E-state index contributed by atoms with van der Waals surface area (Å²) in [4.78, 5) is 12.4. The first-order chi connectivity index (χ1) is 9.00. The number of aryl methyl sites for hydroxylation is 2. The monoisotopic (exact) mass is 265 g/mol. The first-order valence-electron chi connectivity index (χ1n) is 6.94. The molecule has 0 aromatic carbocycles. The molecule has 0 aliphatic heterocycles. The maximum absolute atomic E-state index is 12.4. The van der Waals surface area contributed by atoms with E-state index < -0.39 is 0 Å². The normalized spacial score (nSPS) is 26.6. The zero-order valence-electron chi connectivity index (χ0n) is 11.9. The molecule has 5 nitrogen and oxygen atoms in total. The molecule has 0 saturated heterocycles. The maximum atomic E-state index is 12.4. The van der Waals surface area contributed by atoms with Crippen molar-refractivity contribution in [3.8, 4) is 0 Å². The Labute approximate surface area is 114 Å². The van der Waals surface area contributed by atoms with Gasteiger partial charge >= 0.3 is 0 Å². The molecule has 2 rings (SSSR count). The van der Waals surface area contributed by atoms with Crippen molar-refractivity contribution in [2.45, 2.75) is 45.6 Å². The number of nitrogens with zero attached hydrogens (tertiary/aromatic N) is 2. The van der Waals surface area contributed by atoms with Crippen LogP contribution in [0.25, 0.3) is 0 Å². The van der Waals surface area contributed by atoms with Gasteiger partial charge in [0.15, 0.2) is 0 Å². The zero-order chi connectivity index (χ0) is 14.0. The van der Waals surface area contributed by atoms with Crippen LogP contribution in [-0.4, -0.2) is 33.4 Å². The summed E-state index contributed by atoms with van der Waals surface area (Å²) in [5.74, 6) is -0.0727. The zero-order valence-corrected chi connectivity index (χ0v) is 11.9. The van der Waals surface area contributed by atoms with Crippen molar-refractivity contribution in [3.63, 3.8) is 0 Å². The fraction of sp³-hybridized carbons (Fsp3) is 0.714. The molecule has 1 aliphatic carbocycles. The van der Waals surface area contributed by atoms with Crippen molar-refractivity contribution in [1.82, 2.24) is 15.1 Å². The average molecular weight is 265 g/mol. The number of hydrogen-bond acceptors (Lipinski definition) is 3. The second kappa shape index (κ2) is 5.33. The lowest BCUT2D eigenvalue weighted by Gasteiger charge is -2.30. The smallest absolute Gasteiger partial charge is 0.254 e. The number of carbonyl (C=O) groups excluding carboxylic acids is 1. The summed E-state index contributed by atoms with van der Waals surface area (Å²) in [5, 5.41) is 16.9. The van der Waals surface area contributed by atoms with Gasteiger partial charge in [-0.1, -0.05) is 20.3 Å². The van der Waals surface area contributed by atoms with E-state index in [0.717, 1.165) is 31.4 Å².